The topological polar surface area (TPSA) is 41.6 Å². The average Bonchev–Trinajstić information content (AvgIpc) is 2.41. The fourth-order valence-corrected chi connectivity index (χ4v) is 2.78. The molecule has 0 aliphatic carbocycles. The standard InChI is InChI=1S/C17H25ClN2O2/c1-12-5-6-15(14(18)11-12)19-13-7-9-20(10-8-13)16(21)22-17(2,3)4/h5-6,11,13,19H,7-10H2,1-4H3. The van der Waals surface area contributed by atoms with Gasteiger partial charge in [-0.3, -0.25) is 0 Å². The molecule has 1 saturated heterocycles. The molecule has 0 saturated carbocycles. The molecule has 0 spiro atoms. The molecular weight excluding hydrogens is 300 g/mol. The van der Waals surface area contributed by atoms with E-state index in [2.05, 4.69) is 5.32 Å². The second-order valence-corrected chi connectivity index (χ2v) is 7.28. The van der Waals surface area contributed by atoms with Gasteiger partial charge in [-0.25, -0.2) is 4.79 Å². The van der Waals surface area contributed by atoms with Crippen LogP contribution in [-0.2, 0) is 4.74 Å². The number of benzene rings is 1. The first-order valence-electron chi connectivity index (χ1n) is 7.75. The Hall–Kier alpha value is -1.42. The third-order valence-corrected chi connectivity index (χ3v) is 3.94. The first kappa shape index (κ1) is 16.9. The van der Waals surface area contributed by atoms with Gasteiger partial charge in [0.2, 0.25) is 0 Å². The summed E-state index contributed by atoms with van der Waals surface area (Å²) in [7, 11) is 0. The molecule has 1 aromatic carbocycles. The Labute approximate surface area is 137 Å². The number of anilines is 1. The minimum atomic E-state index is -0.443. The van der Waals surface area contributed by atoms with Gasteiger partial charge in [-0.2, -0.15) is 0 Å². The van der Waals surface area contributed by atoms with Crippen molar-refractivity contribution in [2.45, 2.75) is 52.2 Å². The summed E-state index contributed by atoms with van der Waals surface area (Å²) in [6.45, 7) is 9.09. The minimum Gasteiger partial charge on any atom is -0.444 e. The number of rotatable bonds is 2. The number of carbonyl (C=O) groups is 1. The van der Waals surface area contributed by atoms with Crippen LogP contribution in [0.5, 0.6) is 0 Å². The third kappa shape index (κ3) is 4.80. The van der Waals surface area contributed by atoms with Crippen molar-refractivity contribution < 1.29 is 9.53 Å². The largest absolute Gasteiger partial charge is 0.444 e. The number of ether oxygens (including phenoxy) is 1. The van der Waals surface area contributed by atoms with Gasteiger partial charge in [-0.1, -0.05) is 17.7 Å². The van der Waals surface area contributed by atoms with E-state index < -0.39 is 5.60 Å². The zero-order chi connectivity index (χ0) is 16.3. The van der Waals surface area contributed by atoms with Crippen LogP contribution in [0, 0.1) is 6.92 Å². The lowest BCUT2D eigenvalue weighted by Crippen LogP contribution is -2.44. The van der Waals surface area contributed by atoms with Crippen molar-refractivity contribution in [3.63, 3.8) is 0 Å². The predicted octanol–water partition coefficient (Wildman–Crippen LogP) is 4.46. The zero-order valence-corrected chi connectivity index (χ0v) is 14.5. The summed E-state index contributed by atoms with van der Waals surface area (Å²) in [6, 6.07) is 6.35. The molecule has 122 valence electrons. The molecule has 0 radical (unpaired) electrons. The summed E-state index contributed by atoms with van der Waals surface area (Å²) in [5.74, 6) is 0. The van der Waals surface area contributed by atoms with Crippen LogP contribution in [0.25, 0.3) is 0 Å². The van der Waals surface area contributed by atoms with E-state index in [4.69, 9.17) is 16.3 Å². The van der Waals surface area contributed by atoms with Crippen LogP contribution < -0.4 is 5.32 Å². The number of nitrogens with zero attached hydrogens (tertiary/aromatic N) is 1. The fraction of sp³-hybridized carbons (Fsp3) is 0.588. The minimum absolute atomic E-state index is 0.223. The van der Waals surface area contributed by atoms with Crippen LogP contribution in [-0.4, -0.2) is 35.7 Å². The Morgan fingerprint density at radius 2 is 1.95 bits per heavy atom. The van der Waals surface area contributed by atoms with E-state index in [0.717, 1.165) is 29.1 Å². The molecule has 1 aromatic rings. The van der Waals surface area contributed by atoms with E-state index in [9.17, 15) is 4.79 Å². The number of piperidine rings is 1. The first-order chi connectivity index (χ1) is 10.2. The van der Waals surface area contributed by atoms with E-state index in [0.29, 0.717) is 19.1 Å². The molecule has 1 N–H and O–H groups in total. The van der Waals surface area contributed by atoms with Crippen molar-refractivity contribution in [2.75, 3.05) is 18.4 Å². The number of halogens is 1. The molecule has 2 rings (SSSR count). The highest BCUT2D eigenvalue weighted by molar-refractivity contribution is 6.33. The quantitative estimate of drug-likeness (QED) is 0.873. The van der Waals surface area contributed by atoms with Crippen LogP contribution >= 0.6 is 11.6 Å². The molecule has 1 aliphatic heterocycles. The zero-order valence-electron chi connectivity index (χ0n) is 13.8. The maximum atomic E-state index is 12.0. The molecule has 4 nitrogen and oxygen atoms in total. The highest BCUT2D eigenvalue weighted by atomic mass is 35.5. The van der Waals surface area contributed by atoms with Crippen LogP contribution in [0.4, 0.5) is 10.5 Å². The Morgan fingerprint density at radius 3 is 2.50 bits per heavy atom. The number of likely N-dealkylation sites (tertiary alicyclic amines) is 1. The molecule has 1 fully saturated rings. The highest BCUT2D eigenvalue weighted by Crippen LogP contribution is 2.26. The van der Waals surface area contributed by atoms with E-state index >= 15 is 0 Å². The van der Waals surface area contributed by atoms with Crippen LogP contribution in [0.1, 0.15) is 39.2 Å². The normalized spacial score (nSPS) is 16.5. The first-order valence-corrected chi connectivity index (χ1v) is 8.13. The molecular formula is C17H25ClN2O2. The smallest absolute Gasteiger partial charge is 0.410 e. The van der Waals surface area contributed by atoms with Gasteiger partial charge in [0, 0.05) is 19.1 Å². The number of aryl methyl sites for hydroxylation is 1. The average molecular weight is 325 g/mol. The predicted molar refractivity (Wildman–Crippen MR) is 90.6 cm³/mol. The van der Waals surface area contributed by atoms with Crippen LogP contribution in [0.3, 0.4) is 0 Å². The summed E-state index contributed by atoms with van der Waals surface area (Å²) in [5.41, 5.74) is 1.67. The van der Waals surface area contributed by atoms with Gasteiger partial charge in [0.1, 0.15) is 5.60 Å². The third-order valence-electron chi connectivity index (χ3n) is 3.63. The number of amides is 1. The van der Waals surface area contributed by atoms with Gasteiger partial charge in [-0.15, -0.1) is 0 Å². The van der Waals surface area contributed by atoms with E-state index in [1.165, 1.54) is 0 Å². The Balaban J connectivity index is 1.86. The lowest BCUT2D eigenvalue weighted by Gasteiger charge is -2.34. The van der Waals surface area contributed by atoms with E-state index in [1.54, 1.807) is 4.90 Å². The number of hydrogen-bond acceptors (Lipinski definition) is 3. The molecule has 0 atom stereocenters. The van der Waals surface area contributed by atoms with Gasteiger partial charge in [0.15, 0.2) is 0 Å². The van der Waals surface area contributed by atoms with Crippen molar-refractivity contribution in [2.24, 2.45) is 0 Å². The lowest BCUT2D eigenvalue weighted by atomic mass is 10.0. The summed E-state index contributed by atoms with van der Waals surface area (Å²) < 4.78 is 5.41. The Kier molecular flexibility index (Phi) is 5.22. The molecule has 1 aliphatic rings. The molecule has 0 bridgehead atoms. The molecule has 0 unspecified atom stereocenters. The number of nitrogens with one attached hydrogen (secondary N) is 1. The van der Waals surface area contributed by atoms with Crippen LogP contribution in [0.15, 0.2) is 18.2 Å². The van der Waals surface area contributed by atoms with Crippen molar-refractivity contribution in [3.8, 4) is 0 Å². The van der Waals surface area contributed by atoms with Gasteiger partial charge in [0.05, 0.1) is 10.7 Å². The lowest BCUT2D eigenvalue weighted by molar-refractivity contribution is 0.0210. The summed E-state index contributed by atoms with van der Waals surface area (Å²) in [4.78, 5) is 13.8. The van der Waals surface area contributed by atoms with Crippen molar-refractivity contribution >= 4 is 23.4 Å². The molecule has 1 amide bonds. The van der Waals surface area contributed by atoms with Crippen molar-refractivity contribution in [1.29, 1.82) is 0 Å². The summed E-state index contributed by atoms with van der Waals surface area (Å²) in [5, 5.41) is 4.22. The van der Waals surface area contributed by atoms with E-state index in [-0.39, 0.29) is 6.09 Å². The fourth-order valence-electron chi connectivity index (χ4n) is 2.49. The maximum absolute atomic E-state index is 12.0. The monoisotopic (exact) mass is 324 g/mol. The molecule has 0 aromatic heterocycles. The Bertz CT molecular complexity index is 532. The van der Waals surface area contributed by atoms with Crippen molar-refractivity contribution in [1.82, 2.24) is 4.90 Å². The van der Waals surface area contributed by atoms with Crippen LogP contribution in [0.2, 0.25) is 5.02 Å². The van der Waals surface area contributed by atoms with Gasteiger partial charge in [-0.05, 0) is 58.2 Å². The second-order valence-electron chi connectivity index (χ2n) is 6.87. The van der Waals surface area contributed by atoms with Gasteiger partial charge in [0.25, 0.3) is 0 Å². The second kappa shape index (κ2) is 6.78. The SMILES string of the molecule is Cc1ccc(NC2CCN(C(=O)OC(C)(C)C)CC2)c(Cl)c1. The Morgan fingerprint density at radius 1 is 1.32 bits per heavy atom. The highest BCUT2D eigenvalue weighted by Gasteiger charge is 2.26. The van der Waals surface area contributed by atoms with Gasteiger partial charge < -0.3 is 15.0 Å². The molecule has 22 heavy (non-hydrogen) atoms. The van der Waals surface area contributed by atoms with Crippen molar-refractivity contribution in [3.05, 3.63) is 28.8 Å². The van der Waals surface area contributed by atoms with Gasteiger partial charge >= 0.3 is 6.09 Å². The van der Waals surface area contributed by atoms with E-state index in [1.807, 2.05) is 45.9 Å². The summed E-state index contributed by atoms with van der Waals surface area (Å²) in [6.07, 6.45) is 1.56. The maximum Gasteiger partial charge on any atom is 0.410 e. The summed E-state index contributed by atoms with van der Waals surface area (Å²) >= 11 is 6.25. The number of carbonyl (C=O) groups excluding carboxylic acids is 1. The number of hydrogen-bond donors (Lipinski definition) is 1. The molecule has 5 heteroatoms. The molecule has 1 heterocycles.